The molecule has 1 fully saturated rings. The highest BCUT2D eigenvalue weighted by Gasteiger charge is 2.37. The number of Topliss-reactive ketones (excluding diaryl/α,β-unsaturated/α-hetero) is 2. The molecule has 9 N–H and O–H groups in total. The number of nitrogens with zero attached hydrogens (tertiary/aromatic N) is 6. The molecule has 34 heteroatoms. The fraction of sp³-hybridized carbons (Fsp3) is 0.125. The second kappa shape index (κ2) is 19.7. The monoisotopic (exact) mass is 1120 g/mol. The van der Waals surface area contributed by atoms with Crippen molar-refractivity contribution in [3.63, 3.8) is 0 Å². The average Bonchev–Trinajstić information content (AvgIpc) is 3.32. The molecule has 0 radical (unpaired) electrons. The minimum atomic E-state index is -5.40. The van der Waals surface area contributed by atoms with Crippen LogP contribution in [0.15, 0.2) is 112 Å². The van der Waals surface area contributed by atoms with E-state index in [-0.39, 0.29) is 60.8 Å². The van der Waals surface area contributed by atoms with Gasteiger partial charge in [0.2, 0.25) is 29.1 Å². The Morgan fingerprint density at radius 3 is 1.88 bits per heavy atom. The molecule has 0 spiro atoms. The number of hydrogen-bond donors (Lipinski definition) is 9. The number of benzene rings is 4. The van der Waals surface area contributed by atoms with Crippen LogP contribution in [0.5, 0.6) is 5.75 Å². The predicted molar refractivity (Wildman–Crippen MR) is 260 cm³/mol. The number of methoxy groups -OCH3 is 1. The average molecular weight is 1120 g/mol. The molecule has 2 aliphatic carbocycles. The standard InChI is InChI=1S/C40H34N10O19S5/c1-68-23-7-9-27(30(18-23)72(59,60)61)47-48-34-31(73(62,63)64)16-20-14-22(6-8-25(20)36(34)51)41-38-43-39(45-40(44-38)50-10-12-69-13-11-50)42-28-19-24(70(53,54)55)15-21-17-32(74(65,66)67)35(37(52)33(21)28)49-46-26-4-2-3-5-29(26)71(56,57)58/h2-9,14-19,46-47H,10-13H2,1H3,(H,53,54,55)(H,56,57,58)(H,59,60,61)(H,62,63,64)(H,65,66,67)(H2,41,42,43,44,45)/b48-34+,49-35-. The summed E-state index contributed by atoms with van der Waals surface area (Å²) in [7, 11) is -24.5. The summed E-state index contributed by atoms with van der Waals surface area (Å²) in [6.07, 6.45) is 1.50. The normalized spacial score (nSPS) is 16.8. The number of aromatic nitrogens is 3. The molecule has 0 atom stereocenters. The molecule has 388 valence electrons. The topological polar surface area (TPSA) is 442 Å². The third-order valence-electron chi connectivity index (χ3n) is 10.6. The van der Waals surface area contributed by atoms with E-state index in [0.29, 0.717) is 18.2 Å². The van der Waals surface area contributed by atoms with Gasteiger partial charge in [-0.25, -0.2) is 4.99 Å². The number of aromatic amines is 1. The van der Waals surface area contributed by atoms with Crippen LogP contribution in [0.1, 0.15) is 31.8 Å². The van der Waals surface area contributed by atoms with Crippen molar-refractivity contribution in [2.75, 3.05) is 54.5 Å². The number of anilines is 5. The van der Waals surface area contributed by atoms with Crippen molar-refractivity contribution < 1.29 is 83.9 Å². The van der Waals surface area contributed by atoms with Crippen molar-refractivity contribution in [2.45, 2.75) is 14.7 Å². The fourth-order valence-corrected chi connectivity index (χ4v) is 10.4. The van der Waals surface area contributed by atoms with Gasteiger partial charge in [-0.05, 0) is 77.9 Å². The summed E-state index contributed by atoms with van der Waals surface area (Å²) in [6, 6.07) is 13.0. The van der Waals surface area contributed by atoms with Crippen LogP contribution in [0, 0.1) is 0 Å². The number of ether oxygens (including phenoxy) is 2. The lowest BCUT2D eigenvalue weighted by atomic mass is 9.93. The minimum absolute atomic E-state index is 0.00227. The predicted octanol–water partition coefficient (Wildman–Crippen LogP) is 2.15. The van der Waals surface area contributed by atoms with Gasteiger partial charge >= 0.3 is 0 Å². The lowest BCUT2D eigenvalue weighted by Gasteiger charge is -2.27. The van der Waals surface area contributed by atoms with E-state index >= 15 is 0 Å². The zero-order chi connectivity index (χ0) is 53.7. The largest absolute Gasteiger partial charge is 0.497 e. The molecule has 4 aromatic carbocycles. The summed E-state index contributed by atoms with van der Waals surface area (Å²) in [4.78, 5) is 41.2. The fourth-order valence-electron chi connectivity index (χ4n) is 7.29. The van der Waals surface area contributed by atoms with E-state index in [1.807, 2.05) is 0 Å². The van der Waals surface area contributed by atoms with Crippen molar-refractivity contribution in [1.29, 1.82) is 0 Å². The second-order valence-corrected chi connectivity index (χ2v) is 22.4. The Morgan fingerprint density at radius 2 is 1.27 bits per heavy atom. The third-order valence-corrected chi connectivity index (χ3v) is 15.0. The smallest absolute Gasteiger partial charge is 0.296 e. The lowest BCUT2D eigenvalue weighted by molar-refractivity contribution is 0.105. The third kappa shape index (κ3) is 11.3. The van der Waals surface area contributed by atoms with Crippen molar-refractivity contribution in [1.82, 2.24) is 15.0 Å². The molecule has 1 aliphatic heterocycles. The van der Waals surface area contributed by atoms with Gasteiger partial charge in [0, 0.05) is 30.4 Å². The number of hydrogen-bond acceptors (Lipinski definition) is 23. The summed E-state index contributed by atoms with van der Waals surface area (Å²) in [5.74, 6) is -2.72. The summed E-state index contributed by atoms with van der Waals surface area (Å²) in [6.45, 7) is 0.882. The Bertz CT molecular complexity index is 4040. The number of rotatable bonds is 14. The van der Waals surface area contributed by atoms with Crippen LogP contribution in [-0.4, -0.2) is 136 Å². The molecule has 0 unspecified atom stereocenters. The van der Waals surface area contributed by atoms with E-state index < -0.39 is 132 Å². The van der Waals surface area contributed by atoms with E-state index in [1.165, 1.54) is 43.5 Å². The van der Waals surface area contributed by atoms with Crippen LogP contribution >= 0.6 is 0 Å². The molecule has 3 aliphatic rings. The van der Waals surface area contributed by atoms with Crippen LogP contribution < -0.4 is 31.4 Å². The first kappa shape index (κ1) is 52.7. The number of ketones is 2. The molecule has 0 bridgehead atoms. The van der Waals surface area contributed by atoms with Crippen LogP contribution in [-0.2, 0) is 55.3 Å². The number of fused-ring (bicyclic) bond motifs is 2. The van der Waals surface area contributed by atoms with Crippen molar-refractivity contribution in [3.05, 3.63) is 110 Å². The number of allylic oxidation sites excluding steroid dienone is 2. The summed E-state index contributed by atoms with van der Waals surface area (Å²) in [5.41, 5.74) is -0.881. The molecular weight excluding hydrogens is 1080 g/mol. The van der Waals surface area contributed by atoms with Crippen molar-refractivity contribution in [2.24, 2.45) is 15.2 Å². The van der Waals surface area contributed by atoms with Gasteiger partial charge in [-0.3, -0.25) is 48.2 Å². The van der Waals surface area contributed by atoms with Gasteiger partial charge in [-0.1, -0.05) is 12.1 Å². The lowest BCUT2D eigenvalue weighted by Crippen LogP contribution is -2.38. The van der Waals surface area contributed by atoms with Gasteiger partial charge in [0.1, 0.15) is 25.4 Å². The highest BCUT2D eigenvalue weighted by molar-refractivity contribution is 7.91. The van der Waals surface area contributed by atoms with Gasteiger partial charge in [0.15, 0.2) is 11.4 Å². The molecule has 0 saturated carbocycles. The van der Waals surface area contributed by atoms with E-state index in [0.717, 1.165) is 30.3 Å². The Kier molecular flexibility index (Phi) is 14.0. The first-order valence-corrected chi connectivity index (χ1v) is 27.6. The molecule has 0 amide bonds. The molecule has 29 nitrogen and oxygen atoms in total. The number of carbonyl (C=O) groups excluding carboxylic acids is 2. The molecule has 2 heterocycles. The van der Waals surface area contributed by atoms with Crippen LogP contribution in [0.4, 0.5) is 34.6 Å². The van der Waals surface area contributed by atoms with Gasteiger partial charge in [0.25, 0.3) is 50.6 Å². The minimum Gasteiger partial charge on any atom is -0.497 e. The number of hydrazone groups is 2. The zero-order valence-corrected chi connectivity index (χ0v) is 41.2. The highest BCUT2D eigenvalue weighted by Crippen LogP contribution is 2.36. The SMILES string of the molecule is COc1ccc(N/N=C2/C(=O)c3ccc(Nc4nc(N5CCOCC5)[nH]c(=Nc5cc(S(=O)(=O)O)cc6c5C(=O)/C(=N\Nc5ccccc5S(=O)(=O)O)C(S(=O)(=O)O)=C6)n4)cc3C=C2S(=O)(=O)O)c(S(=O)(=O)O)c1. The Hall–Kier alpha value is -7.64. The molecular formula is C40H34N10O19S5. The molecule has 74 heavy (non-hydrogen) atoms. The Balaban J connectivity index is 1.23. The first-order valence-electron chi connectivity index (χ1n) is 20.4. The molecule has 1 saturated heterocycles. The number of H-pyrrole nitrogens is 1. The summed E-state index contributed by atoms with van der Waals surface area (Å²) in [5, 5.41) is 10.4. The van der Waals surface area contributed by atoms with E-state index in [9.17, 15) is 74.4 Å². The zero-order valence-electron chi connectivity index (χ0n) is 37.1. The summed E-state index contributed by atoms with van der Waals surface area (Å²) < 4.78 is 185. The van der Waals surface area contributed by atoms with E-state index in [1.54, 1.807) is 4.90 Å². The van der Waals surface area contributed by atoms with Gasteiger partial charge in [-0.2, -0.15) is 62.3 Å². The number of carbonyl (C=O) groups is 2. The Labute approximate surface area is 417 Å². The van der Waals surface area contributed by atoms with Gasteiger partial charge in [-0.15, -0.1) is 0 Å². The summed E-state index contributed by atoms with van der Waals surface area (Å²) >= 11 is 0. The van der Waals surface area contributed by atoms with E-state index in [4.69, 9.17) is 9.47 Å². The van der Waals surface area contributed by atoms with Crippen molar-refractivity contribution >= 4 is 120 Å². The Morgan fingerprint density at radius 1 is 0.662 bits per heavy atom. The van der Waals surface area contributed by atoms with Gasteiger partial charge < -0.3 is 19.7 Å². The molecule has 8 rings (SSSR count). The van der Waals surface area contributed by atoms with E-state index in [2.05, 4.69) is 46.3 Å². The van der Waals surface area contributed by atoms with Crippen LogP contribution in [0.25, 0.3) is 12.2 Å². The number of morpholine rings is 1. The maximum absolute atomic E-state index is 14.4. The number of nitrogens with one attached hydrogen (secondary N) is 4. The maximum atomic E-state index is 14.4. The van der Waals surface area contributed by atoms with Crippen molar-refractivity contribution in [3.8, 4) is 5.75 Å². The first-order chi connectivity index (χ1) is 34.6. The number of para-hydroxylation sites is 1. The molecule has 1 aromatic heterocycles. The second-order valence-electron chi connectivity index (χ2n) is 15.4. The maximum Gasteiger partial charge on any atom is 0.296 e. The van der Waals surface area contributed by atoms with Crippen LogP contribution in [0.2, 0.25) is 0 Å². The quantitative estimate of drug-likeness (QED) is 0.0568. The highest BCUT2D eigenvalue weighted by atomic mass is 32.2. The molecule has 5 aromatic rings. The van der Waals surface area contributed by atoms with Crippen LogP contribution in [0.3, 0.4) is 0 Å². The van der Waals surface area contributed by atoms with Gasteiger partial charge in [0.05, 0.1) is 47.8 Å².